The molecule has 0 aromatic heterocycles. The number of ether oxygens (including phenoxy) is 1. The summed E-state index contributed by atoms with van der Waals surface area (Å²) < 4.78 is 32.7. The summed E-state index contributed by atoms with van der Waals surface area (Å²) in [5, 5.41) is 10.9. The Morgan fingerprint density at radius 1 is 0.862 bits per heavy atom. The van der Waals surface area contributed by atoms with Crippen molar-refractivity contribution in [1.82, 2.24) is 0 Å². The number of nitrogens with zero attached hydrogens (tertiary/aromatic N) is 1. The van der Waals surface area contributed by atoms with Crippen molar-refractivity contribution in [3.63, 3.8) is 0 Å². The molecule has 0 radical (unpaired) electrons. The van der Waals surface area contributed by atoms with E-state index in [1.807, 2.05) is 30.3 Å². The van der Waals surface area contributed by atoms with E-state index in [4.69, 9.17) is 4.74 Å². The SMILES string of the molecule is O=[N+]([O-])c1ccc(C2=C(S(=O)(=O)c3ccccc3)CC(c3ccccc3)O2)cc1. The minimum Gasteiger partial charge on any atom is -0.484 e. The first kappa shape index (κ1) is 18.9. The third-order valence-electron chi connectivity index (χ3n) is 4.77. The van der Waals surface area contributed by atoms with Gasteiger partial charge in [0.05, 0.1) is 14.7 Å². The van der Waals surface area contributed by atoms with E-state index < -0.39 is 20.9 Å². The monoisotopic (exact) mass is 407 g/mol. The Bertz CT molecular complexity index is 1170. The molecule has 6 nitrogen and oxygen atoms in total. The average Bonchev–Trinajstić information content (AvgIpc) is 3.21. The van der Waals surface area contributed by atoms with E-state index in [1.165, 1.54) is 24.3 Å². The fourth-order valence-electron chi connectivity index (χ4n) is 3.30. The minimum absolute atomic E-state index is 0.0700. The van der Waals surface area contributed by atoms with Crippen molar-refractivity contribution in [2.45, 2.75) is 17.4 Å². The summed E-state index contributed by atoms with van der Waals surface area (Å²) in [5.74, 6) is 0.234. The lowest BCUT2D eigenvalue weighted by atomic mass is 10.1. The van der Waals surface area contributed by atoms with Crippen molar-refractivity contribution in [2.24, 2.45) is 0 Å². The number of rotatable bonds is 5. The molecule has 1 atom stereocenters. The fraction of sp³-hybridized carbons (Fsp3) is 0.0909. The van der Waals surface area contributed by atoms with E-state index in [0.29, 0.717) is 5.56 Å². The molecule has 0 bridgehead atoms. The maximum atomic E-state index is 13.3. The molecule has 0 saturated carbocycles. The van der Waals surface area contributed by atoms with Crippen LogP contribution >= 0.6 is 0 Å². The summed E-state index contributed by atoms with van der Waals surface area (Å²) in [6, 6.07) is 23.3. The highest BCUT2D eigenvalue weighted by molar-refractivity contribution is 7.95. The van der Waals surface area contributed by atoms with E-state index >= 15 is 0 Å². The van der Waals surface area contributed by atoms with Crippen molar-refractivity contribution < 1.29 is 18.1 Å². The van der Waals surface area contributed by atoms with E-state index in [1.54, 1.807) is 30.3 Å². The molecule has 3 aromatic carbocycles. The molecule has 4 rings (SSSR count). The van der Waals surface area contributed by atoms with E-state index in [-0.39, 0.29) is 27.7 Å². The van der Waals surface area contributed by atoms with Gasteiger partial charge in [-0.2, -0.15) is 0 Å². The van der Waals surface area contributed by atoms with E-state index in [0.717, 1.165) is 5.56 Å². The molecule has 1 aliphatic heterocycles. The highest BCUT2D eigenvalue weighted by Gasteiger charge is 2.36. The first-order valence-corrected chi connectivity index (χ1v) is 10.4. The molecule has 29 heavy (non-hydrogen) atoms. The summed E-state index contributed by atoms with van der Waals surface area (Å²) in [6.45, 7) is 0. The lowest BCUT2D eigenvalue weighted by Gasteiger charge is -2.13. The maximum absolute atomic E-state index is 13.3. The van der Waals surface area contributed by atoms with Gasteiger partial charge in [-0.3, -0.25) is 10.1 Å². The molecule has 0 amide bonds. The van der Waals surface area contributed by atoms with Crippen LogP contribution in [0.5, 0.6) is 0 Å². The maximum Gasteiger partial charge on any atom is 0.269 e. The molecule has 0 aliphatic carbocycles. The van der Waals surface area contributed by atoms with Crippen LogP contribution in [0.15, 0.2) is 94.7 Å². The Hall–Kier alpha value is -3.45. The zero-order valence-electron chi connectivity index (χ0n) is 15.3. The summed E-state index contributed by atoms with van der Waals surface area (Å²) in [6.07, 6.45) is -0.261. The van der Waals surface area contributed by atoms with Crippen LogP contribution in [0.25, 0.3) is 5.76 Å². The predicted molar refractivity (Wildman–Crippen MR) is 109 cm³/mol. The van der Waals surface area contributed by atoms with Gasteiger partial charge in [0.2, 0.25) is 9.84 Å². The van der Waals surface area contributed by atoms with Crippen LogP contribution in [0.4, 0.5) is 5.69 Å². The molecule has 0 spiro atoms. The van der Waals surface area contributed by atoms with Gasteiger partial charge in [-0.05, 0) is 29.8 Å². The molecule has 1 aliphatic rings. The van der Waals surface area contributed by atoms with Crippen molar-refractivity contribution in [1.29, 1.82) is 0 Å². The Labute approximate surface area is 168 Å². The molecule has 0 saturated heterocycles. The van der Waals surface area contributed by atoms with Crippen LogP contribution in [-0.4, -0.2) is 13.3 Å². The summed E-state index contributed by atoms with van der Waals surface area (Å²) in [5.41, 5.74) is 1.29. The molecule has 3 aromatic rings. The van der Waals surface area contributed by atoms with Gasteiger partial charge >= 0.3 is 0 Å². The Morgan fingerprint density at radius 3 is 2.03 bits per heavy atom. The molecular formula is C22H17NO5S. The van der Waals surface area contributed by atoms with Crippen molar-refractivity contribution in [2.75, 3.05) is 0 Å². The molecule has 1 heterocycles. The standard InChI is InChI=1S/C22H17NO5S/c24-23(25)18-13-11-17(12-14-18)22-21(29(26,27)19-9-5-2-6-10-19)15-20(28-22)16-7-3-1-4-8-16/h1-14,20H,15H2. The fourth-order valence-corrected chi connectivity index (χ4v) is 4.88. The number of hydrogen-bond acceptors (Lipinski definition) is 5. The van der Waals surface area contributed by atoms with E-state index in [2.05, 4.69) is 0 Å². The highest BCUT2D eigenvalue weighted by Crippen LogP contribution is 2.44. The van der Waals surface area contributed by atoms with Gasteiger partial charge in [-0.1, -0.05) is 48.5 Å². The molecular weight excluding hydrogens is 390 g/mol. The van der Waals surface area contributed by atoms with Gasteiger partial charge < -0.3 is 4.74 Å². The average molecular weight is 407 g/mol. The largest absolute Gasteiger partial charge is 0.484 e. The first-order valence-electron chi connectivity index (χ1n) is 8.96. The molecule has 146 valence electrons. The van der Waals surface area contributed by atoms with Gasteiger partial charge in [0.1, 0.15) is 11.9 Å². The van der Waals surface area contributed by atoms with Crippen molar-refractivity contribution in [3.05, 3.63) is 111 Å². The number of nitro groups is 1. The summed E-state index contributed by atoms with van der Waals surface area (Å²) in [4.78, 5) is 10.8. The summed E-state index contributed by atoms with van der Waals surface area (Å²) >= 11 is 0. The third kappa shape index (κ3) is 3.64. The van der Waals surface area contributed by atoms with E-state index in [9.17, 15) is 18.5 Å². The second-order valence-electron chi connectivity index (χ2n) is 6.59. The van der Waals surface area contributed by atoms with Crippen molar-refractivity contribution in [3.8, 4) is 0 Å². The Balaban J connectivity index is 1.81. The van der Waals surface area contributed by atoms with Crippen LogP contribution in [0.2, 0.25) is 0 Å². The molecule has 0 N–H and O–H groups in total. The number of sulfone groups is 1. The summed E-state index contributed by atoms with van der Waals surface area (Å²) in [7, 11) is -3.78. The Kier molecular flexibility index (Phi) is 4.90. The zero-order valence-corrected chi connectivity index (χ0v) is 16.1. The highest BCUT2D eigenvalue weighted by atomic mass is 32.2. The van der Waals surface area contributed by atoms with Crippen LogP contribution in [0, 0.1) is 10.1 Å². The predicted octanol–water partition coefficient (Wildman–Crippen LogP) is 4.90. The van der Waals surface area contributed by atoms with Gasteiger partial charge in [0, 0.05) is 24.1 Å². The number of nitro benzene ring substituents is 1. The van der Waals surface area contributed by atoms with Gasteiger partial charge in [0.15, 0.2) is 0 Å². The zero-order chi connectivity index (χ0) is 20.4. The van der Waals surface area contributed by atoms with Gasteiger partial charge in [-0.15, -0.1) is 0 Å². The van der Waals surface area contributed by atoms with Crippen LogP contribution in [-0.2, 0) is 14.6 Å². The normalized spacial score (nSPS) is 16.5. The lowest BCUT2D eigenvalue weighted by Crippen LogP contribution is -2.05. The number of non-ortho nitro benzene ring substituents is 1. The van der Waals surface area contributed by atoms with Gasteiger partial charge in [0.25, 0.3) is 5.69 Å². The molecule has 7 heteroatoms. The molecule has 0 fully saturated rings. The quantitative estimate of drug-likeness (QED) is 0.443. The van der Waals surface area contributed by atoms with Crippen molar-refractivity contribution >= 4 is 21.3 Å². The Morgan fingerprint density at radius 2 is 1.45 bits per heavy atom. The second kappa shape index (κ2) is 7.52. The first-order chi connectivity index (χ1) is 14.0. The van der Waals surface area contributed by atoms with Gasteiger partial charge in [-0.25, -0.2) is 8.42 Å². The van der Waals surface area contributed by atoms with Crippen LogP contribution in [0.1, 0.15) is 23.7 Å². The van der Waals surface area contributed by atoms with Crippen LogP contribution in [0.3, 0.4) is 0 Å². The number of hydrogen-bond donors (Lipinski definition) is 0. The third-order valence-corrected chi connectivity index (χ3v) is 6.67. The molecule has 1 unspecified atom stereocenters. The number of benzene rings is 3. The second-order valence-corrected chi connectivity index (χ2v) is 8.57. The topological polar surface area (TPSA) is 86.5 Å². The lowest BCUT2D eigenvalue weighted by molar-refractivity contribution is -0.384. The smallest absolute Gasteiger partial charge is 0.269 e. The van der Waals surface area contributed by atoms with Crippen LogP contribution < -0.4 is 0 Å². The minimum atomic E-state index is -3.78.